The number of halogens is 1. The van der Waals surface area contributed by atoms with Gasteiger partial charge in [-0.25, -0.2) is 14.2 Å². The molecule has 1 N–H and O–H groups in total. The molecule has 0 atom stereocenters. The van der Waals surface area contributed by atoms with E-state index >= 15 is 0 Å². The summed E-state index contributed by atoms with van der Waals surface area (Å²) in [7, 11) is 1.31. The van der Waals surface area contributed by atoms with Crippen LogP contribution in [0.1, 0.15) is 11.1 Å². The van der Waals surface area contributed by atoms with E-state index in [-0.39, 0.29) is 35.0 Å². The molecular weight excluding hydrogens is 341 g/mol. The highest BCUT2D eigenvalue weighted by molar-refractivity contribution is 6.14. The Kier molecular flexibility index (Phi) is 4.53. The number of carbonyl (C=O) groups excluding carboxylic acids is 1. The molecule has 0 aliphatic carbocycles. The van der Waals surface area contributed by atoms with Crippen molar-refractivity contribution in [1.29, 1.82) is 0 Å². The maximum atomic E-state index is 14.4. The summed E-state index contributed by atoms with van der Waals surface area (Å²) in [4.78, 5) is 26.5. The number of benzene rings is 2. The third-order valence-electron chi connectivity index (χ3n) is 3.83. The van der Waals surface area contributed by atoms with Gasteiger partial charge in [0.2, 0.25) is 5.89 Å². The molecule has 132 valence electrons. The Balaban J connectivity index is 1.96. The lowest BCUT2D eigenvalue weighted by Crippen LogP contribution is -2.04. The molecule has 1 aromatic heterocycles. The Morgan fingerprint density at radius 3 is 2.69 bits per heavy atom. The number of rotatable bonds is 5. The van der Waals surface area contributed by atoms with Crippen molar-refractivity contribution in [2.75, 3.05) is 7.11 Å². The lowest BCUT2D eigenvalue weighted by molar-refractivity contribution is -0.139. The Bertz CT molecular complexity index is 1040. The number of fused-ring (bicyclic) bond motifs is 1. The molecule has 0 aliphatic heterocycles. The van der Waals surface area contributed by atoms with E-state index in [1.165, 1.54) is 19.2 Å². The van der Waals surface area contributed by atoms with E-state index in [4.69, 9.17) is 9.52 Å². The molecule has 6 nitrogen and oxygen atoms in total. The molecule has 0 radical (unpaired) electrons. The number of carboxylic acids is 1. The molecule has 26 heavy (non-hydrogen) atoms. The summed E-state index contributed by atoms with van der Waals surface area (Å²) in [5, 5.41) is 8.93. The maximum absolute atomic E-state index is 14.4. The Morgan fingerprint density at radius 1 is 1.27 bits per heavy atom. The predicted octanol–water partition coefficient (Wildman–Crippen LogP) is 3.45. The second kappa shape index (κ2) is 6.79. The second-order valence-corrected chi connectivity index (χ2v) is 5.55. The van der Waals surface area contributed by atoms with Crippen molar-refractivity contribution in [2.45, 2.75) is 6.42 Å². The van der Waals surface area contributed by atoms with Gasteiger partial charge in [-0.15, -0.1) is 0 Å². The number of ether oxygens (including phenoxy) is 1. The molecule has 0 spiro atoms. The molecule has 0 bridgehead atoms. The second-order valence-electron chi connectivity index (χ2n) is 5.55. The number of hydrogen-bond acceptors (Lipinski definition) is 5. The summed E-state index contributed by atoms with van der Waals surface area (Å²) in [6.07, 6.45) is 0.0923. The lowest BCUT2D eigenvalue weighted by atomic mass is 10.0. The molecule has 0 aliphatic rings. The number of hydrogen-bond donors (Lipinski definition) is 1. The number of methoxy groups -OCH3 is 1. The topological polar surface area (TPSA) is 89.6 Å². The highest BCUT2D eigenvalue weighted by Gasteiger charge is 2.16. The van der Waals surface area contributed by atoms with E-state index < -0.39 is 11.8 Å². The third-order valence-corrected chi connectivity index (χ3v) is 3.83. The molecule has 3 aromatic rings. The monoisotopic (exact) mass is 355 g/mol. The number of carboxylic acid groups (broad SMARTS) is 1. The molecular formula is C19H14FNO5. The molecule has 7 heteroatoms. The van der Waals surface area contributed by atoms with Crippen LogP contribution in [-0.2, 0) is 20.7 Å². The number of esters is 1. The molecule has 2 aromatic carbocycles. The van der Waals surface area contributed by atoms with Crippen molar-refractivity contribution < 1.29 is 28.2 Å². The standard InChI is InChI=1S/C19H14FNO5/c1-10(19(23)24)12-4-5-13(14(20)9-12)18-21-15-7-11(8-17(22)25-2)3-6-16(15)26-18/h3-7,9H,1,8H2,2H3,(H,23,24). The first-order chi connectivity index (χ1) is 12.4. The quantitative estimate of drug-likeness (QED) is 0.557. The minimum Gasteiger partial charge on any atom is -0.478 e. The summed E-state index contributed by atoms with van der Waals surface area (Å²) in [5.74, 6) is -2.23. The average molecular weight is 355 g/mol. The zero-order valence-corrected chi connectivity index (χ0v) is 13.8. The van der Waals surface area contributed by atoms with Crippen LogP contribution in [0.2, 0.25) is 0 Å². The van der Waals surface area contributed by atoms with Gasteiger partial charge in [-0.2, -0.15) is 0 Å². The van der Waals surface area contributed by atoms with Crippen molar-refractivity contribution >= 4 is 28.6 Å². The van der Waals surface area contributed by atoms with Crippen LogP contribution < -0.4 is 0 Å². The van der Waals surface area contributed by atoms with E-state index in [1.54, 1.807) is 18.2 Å². The van der Waals surface area contributed by atoms with Crippen molar-refractivity contribution in [3.63, 3.8) is 0 Å². The molecule has 0 saturated heterocycles. The first-order valence-corrected chi connectivity index (χ1v) is 7.58. The van der Waals surface area contributed by atoms with Crippen LogP contribution in [0.3, 0.4) is 0 Å². The fourth-order valence-electron chi connectivity index (χ4n) is 2.44. The molecule has 0 saturated carbocycles. The van der Waals surface area contributed by atoms with Crippen LogP contribution in [0.5, 0.6) is 0 Å². The Hall–Kier alpha value is -3.48. The molecule has 0 amide bonds. The van der Waals surface area contributed by atoms with E-state index in [0.717, 1.165) is 6.07 Å². The van der Waals surface area contributed by atoms with Gasteiger partial charge in [0.15, 0.2) is 5.58 Å². The van der Waals surface area contributed by atoms with Gasteiger partial charge in [0.25, 0.3) is 0 Å². The Morgan fingerprint density at radius 2 is 2.04 bits per heavy atom. The van der Waals surface area contributed by atoms with Crippen LogP contribution in [0, 0.1) is 5.82 Å². The zero-order chi connectivity index (χ0) is 18.8. The van der Waals surface area contributed by atoms with Gasteiger partial charge in [-0.3, -0.25) is 4.79 Å². The summed E-state index contributed by atoms with van der Waals surface area (Å²) in [6, 6.07) is 8.90. The van der Waals surface area contributed by atoms with Gasteiger partial charge in [0.05, 0.1) is 24.7 Å². The minimum atomic E-state index is -1.22. The summed E-state index contributed by atoms with van der Waals surface area (Å²) in [6.45, 7) is 3.40. The molecule has 1 heterocycles. The molecule has 0 unspecified atom stereocenters. The van der Waals surface area contributed by atoms with Gasteiger partial charge >= 0.3 is 11.9 Å². The van der Waals surface area contributed by atoms with Gasteiger partial charge < -0.3 is 14.3 Å². The fraction of sp³-hybridized carbons (Fsp3) is 0.105. The van der Waals surface area contributed by atoms with Crippen molar-refractivity contribution in [3.05, 3.63) is 59.9 Å². The molecule has 0 fully saturated rings. The number of carbonyl (C=O) groups is 2. The van der Waals surface area contributed by atoms with Crippen molar-refractivity contribution in [1.82, 2.24) is 4.98 Å². The first kappa shape index (κ1) is 17.3. The van der Waals surface area contributed by atoms with E-state index in [9.17, 15) is 14.0 Å². The molecule has 3 rings (SSSR count). The smallest absolute Gasteiger partial charge is 0.335 e. The SMILES string of the molecule is C=C(C(=O)O)c1ccc(-c2nc3cc(CC(=O)OC)ccc3o2)c(F)c1. The van der Waals surface area contributed by atoms with Crippen LogP contribution >= 0.6 is 0 Å². The number of aliphatic carboxylic acids is 1. The highest BCUT2D eigenvalue weighted by Crippen LogP contribution is 2.29. The van der Waals surface area contributed by atoms with Gasteiger partial charge in [0.1, 0.15) is 11.3 Å². The lowest BCUT2D eigenvalue weighted by Gasteiger charge is -2.03. The van der Waals surface area contributed by atoms with E-state index in [0.29, 0.717) is 16.7 Å². The maximum Gasteiger partial charge on any atom is 0.335 e. The summed E-state index contributed by atoms with van der Waals surface area (Å²) >= 11 is 0. The van der Waals surface area contributed by atoms with Crippen LogP contribution in [0.4, 0.5) is 4.39 Å². The average Bonchev–Trinajstić information content (AvgIpc) is 3.03. The number of oxazole rings is 1. The summed E-state index contributed by atoms with van der Waals surface area (Å²) < 4.78 is 24.6. The Labute approximate surface area is 147 Å². The van der Waals surface area contributed by atoms with Gasteiger partial charge in [0, 0.05) is 0 Å². The van der Waals surface area contributed by atoms with Gasteiger partial charge in [-0.05, 0) is 35.4 Å². The van der Waals surface area contributed by atoms with Crippen LogP contribution in [0.15, 0.2) is 47.4 Å². The van der Waals surface area contributed by atoms with Crippen molar-refractivity contribution in [2.24, 2.45) is 0 Å². The van der Waals surface area contributed by atoms with Gasteiger partial charge in [-0.1, -0.05) is 18.7 Å². The third kappa shape index (κ3) is 3.32. The minimum absolute atomic E-state index is 0.0557. The zero-order valence-electron chi connectivity index (χ0n) is 13.8. The number of aromatic nitrogens is 1. The first-order valence-electron chi connectivity index (χ1n) is 7.58. The predicted molar refractivity (Wildman–Crippen MR) is 91.8 cm³/mol. The van der Waals surface area contributed by atoms with E-state index in [1.807, 2.05) is 0 Å². The van der Waals surface area contributed by atoms with E-state index in [2.05, 4.69) is 16.3 Å². The largest absolute Gasteiger partial charge is 0.478 e. The highest BCUT2D eigenvalue weighted by atomic mass is 19.1. The van der Waals surface area contributed by atoms with Crippen LogP contribution in [0.25, 0.3) is 28.1 Å². The normalized spacial score (nSPS) is 10.7. The number of nitrogens with zero attached hydrogens (tertiary/aromatic N) is 1. The fourth-order valence-corrected chi connectivity index (χ4v) is 2.44. The van der Waals surface area contributed by atoms with Crippen molar-refractivity contribution in [3.8, 4) is 11.5 Å². The van der Waals surface area contributed by atoms with Crippen LogP contribution in [-0.4, -0.2) is 29.1 Å². The summed E-state index contributed by atoms with van der Waals surface area (Å²) in [5.41, 5.74) is 1.65.